The van der Waals surface area contributed by atoms with Crippen LogP contribution < -0.4 is 0 Å². The molecule has 1 amide bonds. The minimum Gasteiger partial charge on any atom is -0.445 e. The van der Waals surface area contributed by atoms with E-state index in [1.807, 2.05) is 84.9 Å². The zero-order valence-corrected chi connectivity index (χ0v) is 15.9. The van der Waals surface area contributed by atoms with Gasteiger partial charge in [0.05, 0.1) is 6.04 Å². The highest BCUT2D eigenvalue weighted by Gasteiger charge is 2.23. The Morgan fingerprint density at radius 1 is 0.821 bits per heavy atom. The van der Waals surface area contributed by atoms with Crippen molar-refractivity contribution in [3.8, 4) is 0 Å². The molecule has 3 aromatic carbocycles. The van der Waals surface area contributed by atoms with E-state index in [0.717, 1.165) is 16.7 Å². The molecule has 3 nitrogen and oxygen atoms in total. The van der Waals surface area contributed by atoms with Gasteiger partial charge in [-0.1, -0.05) is 97.1 Å². The molecule has 0 aliphatic rings. The van der Waals surface area contributed by atoms with E-state index in [1.165, 1.54) is 0 Å². The Hall–Kier alpha value is -3.33. The Balaban J connectivity index is 1.76. The smallest absolute Gasteiger partial charge is 0.410 e. The minimum atomic E-state index is -0.339. The van der Waals surface area contributed by atoms with Gasteiger partial charge in [0.15, 0.2) is 0 Å². The number of rotatable bonds is 8. The van der Waals surface area contributed by atoms with E-state index in [4.69, 9.17) is 4.74 Å². The number of hydrogen-bond donors (Lipinski definition) is 0. The van der Waals surface area contributed by atoms with Gasteiger partial charge in [-0.25, -0.2) is 4.79 Å². The Kier molecular flexibility index (Phi) is 7.02. The van der Waals surface area contributed by atoms with Gasteiger partial charge in [0.25, 0.3) is 0 Å². The zero-order valence-electron chi connectivity index (χ0n) is 15.9. The second-order valence-electron chi connectivity index (χ2n) is 6.65. The van der Waals surface area contributed by atoms with Crippen LogP contribution in [0.5, 0.6) is 0 Å². The monoisotopic (exact) mass is 371 g/mol. The summed E-state index contributed by atoms with van der Waals surface area (Å²) >= 11 is 0. The van der Waals surface area contributed by atoms with Crippen LogP contribution in [-0.4, -0.2) is 17.0 Å². The normalized spacial score (nSPS) is 11.4. The average molecular weight is 371 g/mol. The molecule has 0 aliphatic carbocycles. The third-order valence-electron chi connectivity index (χ3n) is 4.60. The predicted octanol–water partition coefficient (Wildman–Crippen LogP) is 5.62. The molecule has 0 aromatic heterocycles. The molecule has 0 unspecified atom stereocenters. The fourth-order valence-electron chi connectivity index (χ4n) is 3.08. The maximum absolute atomic E-state index is 13.0. The number of carbonyl (C=O) groups is 1. The van der Waals surface area contributed by atoms with Crippen LogP contribution in [0, 0.1) is 0 Å². The minimum absolute atomic E-state index is 0.161. The van der Waals surface area contributed by atoms with Crippen molar-refractivity contribution in [3.05, 3.63) is 120 Å². The summed E-state index contributed by atoms with van der Waals surface area (Å²) in [5.74, 6) is 0. The molecule has 0 saturated heterocycles. The molecular formula is C25H25NO2. The van der Waals surface area contributed by atoms with Crippen LogP contribution in [0.15, 0.2) is 104 Å². The number of amides is 1. The van der Waals surface area contributed by atoms with Gasteiger partial charge in [0.2, 0.25) is 0 Å². The molecule has 0 spiro atoms. The molecule has 0 radical (unpaired) electrons. The first-order valence-corrected chi connectivity index (χ1v) is 9.44. The summed E-state index contributed by atoms with van der Waals surface area (Å²) in [6.45, 7) is 4.69. The molecule has 0 N–H and O–H groups in total. The van der Waals surface area contributed by atoms with Crippen molar-refractivity contribution >= 4 is 6.09 Å². The summed E-state index contributed by atoms with van der Waals surface area (Å²) < 4.78 is 5.62. The van der Waals surface area contributed by atoms with Gasteiger partial charge in [-0.2, -0.15) is 0 Å². The van der Waals surface area contributed by atoms with Crippen LogP contribution in [0.25, 0.3) is 0 Å². The lowest BCUT2D eigenvalue weighted by Gasteiger charge is -2.29. The van der Waals surface area contributed by atoms with Gasteiger partial charge in [0.1, 0.15) is 6.61 Å². The maximum atomic E-state index is 13.0. The third-order valence-corrected chi connectivity index (χ3v) is 4.60. The lowest BCUT2D eigenvalue weighted by atomic mass is 10.0. The standard InChI is InChI=1S/C25H25NO2/c1-2-24(18-21-12-6-3-7-13-21)26(19-22-14-8-4-9-15-22)25(27)28-20-23-16-10-5-11-17-23/h2-17,24H,1,18-20H2/t24-/m1/s1. The third kappa shape index (κ3) is 5.58. The molecule has 0 aliphatic heterocycles. The highest BCUT2D eigenvalue weighted by molar-refractivity contribution is 5.68. The van der Waals surface area contributed by atoms with Crippen molar-refractivity contribution in [3.63, 3.8) is 0 Å². The second kappa shape index (κ2) is 10.1. The van der Waals surface area contributed by atoms with Gasteiger partial charge >= 0.3 is 6.09 Å². The lowest BCUT2D eigenvalue weighted by molar-refractivity contribution is 0.0843. The quantitative estimate of drug-likeness (QED) is 0.481. The van der Waals surface area contributed by atoms with E-state index < -0.39 is 0 Å². The van der Waals surface area contributed by atoms with Crippen LogP contribution >= 0.6 is 0 Å². The summed E-state index contributed by atoms with van der Waals surface area (Å²) in [6, 6.07) is 29.6. The maximum Gasteiger partial charge on any atom is 0.410 e. The summed E-state index contributed by atoms with van der Waals surface area (Å²) in [5.41, 5.74) is 3.18. The van der Waals surface area contributed by atoms with Crippen LogP contribution in [0.2, 0.25) is 0 Å². The fourth-order valence-corrected chi connectivity index (χ4v) is 3.08. The van der Waals surface area contributed by atoms with Crippen LogP contribution in [0.1, 0.15) is 16.7 Å². The Morgan fingerprint density at radius 3 is 1.86 bits per heavy atom. The van der Waals surface area contributed by atoms with Crippen LogP contribution in [-0.2, 0) is 24.3 Å². The Bertz CT molecular complexity index is 863. The summed E-state index contributed by atoms with van der Waals surface area (Å²) in [5, 5.41) is 0. The number of hydrogen-bond acceptors (Lipinski definition) is 2. The first kappa shape index (κ1) is 19.4. The summed E-state index contributed by atoms with van der Waals surface area (Å²) in [4.78, 5) is 14.7. The van der Waals surface area contributed by atoms with Crippen molar-refractivity contribution < 1.29 is 9.53 Å². The molecule has 1 atom stereocenters. The van der Waals surface area contributed by atoms with Crippen molar-refractivity contribution in [2.45, 2.75) is 25.6 Å². The molecule has 0 heterocycles. The zero-order chi connectivity index (χ0) is 19.6. The summed E-state index contributed by atoms with van der Waals surface area (Å²) in [7, 11) is 0. The molecule has 0 bridgehead atoms. The molecule has 0 saturated carbocycles. The predicted molar refractivity (Wildman–Crippen MR) is 113 cm³/mol. The molecule has 3 heteroatoms. The number of benzene rings is 3. The highest BCUT2D eigenvalue weighted by Crippen LogP contribution is 2.16. The molecule has 142 valence electrons. The van der Waals surface area contributed by atoms with Gasteiger partial charge in [-0.05, 0) is 23.1 Å². The van der Waals surface area contributed by atoms with Gasteiger partial charge in [0, 0.05) is 6.54 Å². The van der Waals surface area contributed by atoms with E-state index >= 15 is 0 Å². The van der Waals surface area contributed by atoms with Gasteiger partial charge < -0.3 is 4.74 Å². The number of nitrogens with zero attached hydrogens (tertiary/aromatic N) is 1. The molecule has 0 fully saturated rings. The first-order valence-electron chi connectivity index (χ1n) is 9.44. The Labute approximate surface area is 166 Å². The summed E-state index contributed by atoms with van der Waals surface area (Å²) in [6.07, 6.45) is 2.17. The Morgan fingerprint density at radius 2 is 1.32 bits per heavy atom. The van der Waals surface area contributed by atoms with Crippen LogP contribution in [0.3, 0.4) is 0 Å². The van der Waals surface area contributed by atoms with E-state index in [-0.39, 0.29) is 18.7 Å². The van der Waals surface area contributed by atoms with Crippen molar-refractivity contribution in [1.82, 2.24) is 4.90 Å². The van der Waals surface area contributed by atoms with E-state index in [1.54, 1.807) is 4.90 Å². The van der Waals surface area contributed by atoms with Gasteiger partial charge in [-0.3, -0.25) is 4.90 Å². The van der Waals surface area contributed by atoms with Crippen molar-refractivity contribution in [2.24, 2.45) is 0 Å². The SMILES string of the molecule is C=C[C@H](Cc1ccccc1)N(Cc1ccccc1)C(=O)OCc1ccccc1. The lowest BCUT2D eigenvalue weighted by Crippen LogP contribution is -2.40. The topological polar surface area (TPSA) is 29.5 Å². The van der Waals surface area contributed by atoms with Crippen LogP contribution in [0.4, 0.5) is 4.79 Å². The number of carbonyl (C=O) groups excluding carboxylic acids is 1. The molecular weight excluding hydrogens is 346 g/mol. The van der Waals surface area contributed by atoms with Gasteiger partial charge in [-0.15, -0.1) is 6.58 Å². The van der Waals surface area contributed by atoms with E-state index in [9.17, 15) is 4.79 Å². The number of ether oxygens (including phenoxy) is 1. The highest BCUT2D eigenvalue weighted by atomic mass is 16.6. The molecule has 3 aromatic rings. The van der Waals surface area contributed by atoms with E-state index in [2.05, 4.69) is 18.7 Å². The second-order valence-corrected chi connectivity index (χ2v) is 6.65. The first-order chi connectivity index (χ1) is 13.8. The largest absolute Gasteiger partial charge is 0.445 e. The molecule has 3 rings (SSSR count). The average Bonchev–Trinajstić information content (AvgIpc) is 2.76. The van der Waals surface area contributed by atoms with E-state index in [0.29, 0.717) is 13.0 Å². The van der Waals surface area contributed by atoms with Crippen molar-refractivity contribution in [1.29, 1.82) is 0 Å². The van der Waals surface area contributed by atoms with Crippen molar-refractivity contribution in [2.75, 3.05) is 0 Å². The molecule has 28 heavy (non-hydrogen) atoms. The fraction of sp³-hybridized carbons (Fsp3) is 0.160.